The average Bonchev–Trinajstić information content (AvgIpc) is 3.06. The molecular weight excluding hydrogens is 572 g/mol. The Bertz CT molecular complexity index is 1450. The average molecular weight is 615 g/mol. The fourth-order valence-electron chi connectivity index (χ4n) is 7.34. The van der Waals surface area contributed by atoms with Crippen LogP contribution in [0.3, 0.4) is 0 Å². The molecule has 236 valence electrons. The van der Waals surface area contributed by atoms with E-state index in [2.05, 4.69) is 38.1 Å². The van der Waals surface area contributed by atoms with Crippen LogP contribution in [0.15, 0.2) is 84.9 Å². The summed E-state index contributed by atoms with van der Waals surface area (Å²) >= 11 is 0. The van der Waals surface area contributed by atoms with Crippen LogP contribution in [-0.4, -0.2) is 0 Å². The minimum Gasteiger partial charge on any atom is -0.365 e. The zero-order valence-corrected chi connectivity index (χ0v) is 26.1. The predicted octanol–water partition coefficient (Wildman–Crippen LogP) is 12.0. The highest BCUT2D eigenvalue weighted by molar-refractivity contribution is 5.64. The lowest BCUT2D eigenvalue weighted by atomic mass is 9.76. The van der Waals surface area contributed by atoms with Crippen LogP contribution in [0.5, 0.6) is 0 Å². The molecule has 0 aromatic heterocycles. The Morgan fingerprint density at radius 2 is 0.778 bits per heavy atom. The second-order valence-electron chi connectivity index (χ2n) is 13.5. The molecule has 1 nitrogen and oxygen atoms in total. The Hall–Kier alpha value is -3.44. The third kappa shape index (κ3) is 7.35. The van der Waals surface area contributed by atoms with E-state index in [0.29, 0.717) is 34.8 Å². The summed E-state index contributed by atoms with van der Waals surface area (Å²) in [6, 6.07) is 24.3. The first kappa shape index (κ1) is 31.5. The second kappa shape index (κ2) is 13.9. The molecule has 6 rings (SSSR count). The third-order valence-corrected chi connectivity index (χ3v) is 10.3. The van der Waals surface area contributed by atoms with E-state index in [0.717, 1.165) is 47.9 Å². The van der Waals surface area contributed by atoms with E-state index in [1.54, 1.807) is 12.1 Å². The summed E-state index contributed by atoms with van der Waals surface area (Å²) in [7, 11) is 0. The van der Waals surface area contributed by atoms with Crippen molar-refractivity contribution in [1.29, 1.82) is 0 Å². The van der Waals surface area contributed by atoms with Gasteiger partial charge in [-0.05, 0) is 107 Å². The minimum atomic E-state index is -0.852. The Labute approximate surface area is 264 Å². The van der Waals surface area contributed by atoms with Gasteiger partial charge in [0, 0.05) is 0 Å². The highest BCUT2D eigenvalue weighted by Gasteiger charge is 2.35. The van der Waals surface area contributed by atoms with E-state index in [9.17, 15) is 17.6 Å². The molecule has 0 bridgehead atoms. The maximum Gasteiger partial charge on any atom is 0.159 e. The van der Waals surface area contributed by atoms with Gasteiger partial charge in [-0.2, -0.15) is 0 Å². The van der Waals surface area contributed by atoms with E-state index in [1.807, 2.05) is 24.3 Å². The smallest absolute Gasteiger partial charge is 0.159 e. The molecule has 0 amide bonds. The second-order valence-corrected chi connectivity index (χ2v) is 13.5. The lowest BCUT2D eigenvalue weighted by Crippen LogP contribution is -2.27. The number of hydrogen-bond donors (Lipinski definition) is 0. The van der Waals surface area contributed by atoms with Gasteiger partial charge in [0.25, 0.3) is 0 Å². The SMILES string of the molecule is CC1CCC(C(OC(c2ccc(-c3ccc(F)c(F)c3)cc2)C2CCC(C)CC2)c2ccc(-c3ccc(F)c(F)c3)cc2)CC1. The predicted molar refractivity (Wildman–Crippen MR) is 172 cm³/mol. The lowest BCUT2D eigenvalue weighted by molar-refractivity contribution is -0.0898. The van der Waals surface area contributed by atoms with Gasteiger partial charge >= 0.3 is 0 Å². The van der Waals surface area contributed by atoms with Gasteiger partial charge in [0.05, 0.1) is 12.2 Å². The van der Waals surface area contributed by atoms with Gasteiger partial charge in [0.2, 0.25) is 0 Å². The molecule has 2 aliphatic carbocycles. The molecule has 0 spiro atoms. The molecule has 45 heavy (non-hydrogen) atoms. The van der Waals surface area contributed by atoms with Crippen molar-refractivity contribution in [2.24, 2.45) is 23.7 Å². The fraction of sp³-hybridized carbons (Fsp3) is 0.400. The van der Waals surface area contributed by atoms with E-state index in [4.69, 9.17) is 4.74 Å². The number of hydrogen-bond acceptors (Lipinski definition) is 1. The van der Waals surface area contributed by atoms with Crippen LogP contribution in [0.25, 0.3) is 22.3 Å². The number of benzene rings is 4. The lowest BCUT2D eigenvalue weighted by Gasteiger charge is -2.39. The first-order valence-electron chi connectivity index (χ1n) is 16.5. The largest absolute Gasteiger partial charge is 0.365 e. The summed E-state index contributed by atoms with van der Waals surface area (Å²) in [4.78, 5) is 0. The van der Waals surface area contributed by atoms with Gasteiger partial charge in [-0.15, -0.1) is 0 Å². The molecule has 2 atom stereocenters. The van der Waals surface area contributed by atoms with Gasteiger partial charge in [-0.1, -0.05) is 100 Å². The summed E-state index contributed by atoms with van der Waals surface area (Å²) in [5.74, 6) is -1.24. The molecule has 2 saturated carbocycles. The number of ether oxygens (including phenoxy) is 1. The highest BCUT2D eigenvalue weighted by Crippen LogP contribution is 2.46. The van der Waals surface area contributed by atoms with Gasteiger partial charge in [-0.3, -0.25) is 0 Å². The third-order valence-electron chi connectivity index (χ3n) is 10.3. The van der Waals surface area contributed by atoms with E-state index < -0.39 is 23.3 Å². The standard InChI is InChI=1S/C40H42F4O/c1-25-3-7-29(8-4-25)39(31-15-11-27(12-16-31)33-19-21-35(41)37(43)23-33)45-40(30-9-5-26(2)6-10-30)32-17-13-28(14-18-32)34-20-22-36(42)38(44)24-34/h11-26,29-30,39-40H,3-10H2,1-2H3. The quantitative estimate of drug-likeness (QED) is 0.179. The molecule has 0 N–H and O–H groups in total. The molecule has 2 unspecified atom stereocenters. The summed E-state index contributed by atoms with van der Waals surface area (Å²) in [6.45, 7) is 4.65. The summed E-state index contributed by atoms with van der Waals surface area (Å²) in [5, 5.41) is 0. The van der Waals surface area contributed by atoms with E-state index in [-0.39, 0.29) is 12.2 Å². The highest BCUT2D eigenvalue weighted by atomic mass is 19.2. The molecule has 0 saturated heterocycles. The van der Waals surface area contributed by atoms with Gasteiger partial charge in [-0.25, -0.2) is 17.6 Å². The van der Waals surface area contributed by atoms with Crippen molar-refractivity contribution in [3.05, 3.63) is 119 Å². The molecule has 0 aliphatic heterocycles. The zero-order valence-electron chi connectivity index (χ0n) is 26.1. The van der Waals surface area contributed by atoms with Crippen molar-refractivity contribution >= 4 is 0 Å². The number of halogens is 4. The molecule has 4 aromatic carbocycles. The minimum absolute atomic E-state index is 0.105. The fourth-order valence-corrected chi connectivity index (χ4v) is 7.34. The van der Waals surface area contributed by atoms with Crippen molar-refractivity contribution < 1.29 is 22.3 Å². The van der Waals surface area contributed by atoms with Crippen molar-refractivity contribution in [3.63, 3.8) is 0 Å². The monoisotopic (exact) mass is 614 g/mol. The van der Waals surface area contributed by atoms with Crippen LogP contribution in [0.1, 0.15) is 88.5 Å². The molecule has 2 aliphatic rings. The van der Waals surface area contributed by atoms with E-state index in [1.165, 1.54) is 49.9 Å². The molecule has 5 heteroatoms. The number of rotatable bonds is 8. The van der Waals surface area contributed by atoms with Crippen LogP contribution in [0, 0.1) is 46.9 Å². The Morgan fingerprint density at radius 3 is 1.11 bits per heavy atom. The first-order chi connectivity index (χ1) is 21.7. The van der Waals surface area contributed by atoms with Crippen LogP contribution in [0.2, 0.25) is 0 Å². The Morgan fingerprint density at radius 1 is 0.444 bits per heavy atom. The summed E-state index contributed by atoms with van der Waals surface area (Å²) in [5.41, 5.74) is 5.15. The van der Waals surface area contributed by atoms with Crippen LogP contribution < -0.4 is 0 Å². The molecule has 2 fully saturated rings. The van der Waals surface area contributed by atoms with Crippen LogP contribution >= 0.6 is 0 Å². The van der Waals surface area contributed by atoms with Gasteiger partial charge in [0.1, 0.15) is 0 Å². The van der Waals surface area contributed by atoms with Crippen LogP contribution in [-0.2, 0) is 4.74 Å². The van der Waals surface area contributed by atoms with Crippen molar-refractivity contribution in [2.45, 2.75) is 77.4 Å². The summed E-state index contributed by atoms with van der Waals surface area (Å²) < 4.78 is 62.4. The molecule has 0 radical (unpaired) electrons. The first-order valence-corrected chi connectivity index (χ1v) is 16.5. The Kier molecular flexibility index (Phi) is 9.75. The van der Waals surface area contributed by atoms with Crippen molar-refractivity contribution in [3.8, 4) is 22.3 Å². The molecular formula is C40H42F4O. The molecule has 4 aromatic rings. The van der Waals surface area contributed by atoms with Crippen molar-refractivity contribution in [2.75, 3.05) is 0 Å². The van der Waals surface area contributed by atoms with Gasteiger partial charge in [0.15, 0.2) is 23.3 Å². The van der Waals surface area contributed by atoms with Crippen molar-refractivity contribution in [1.82, 2.24) is 0 Å². The Balaban J connectivity index is 1.32. The topological polar surface area (TPSA) is 9.23 Å². The maximum atomic E-state index is 14.0. The van der Waals surface area contributed by atoms with Crippen LogP contribution in [0.4, 0.5) is 17.6 Å². The van der Waals surface area contributed by atoms with Gasteiger partial charge < -0.3 is 4.74 Å². The molecule has 0 heterocycles. The maximum absolute atomic E-state index is 14.0. The summed E-state index contributed by atoms with van der Waals surface area (Å²) in [6.07, 6.45) is 8.87. The normalized spacial score (nSPS) is 23.4. The zero-order chi connectivity index (χ0) is 31.5. The van der Waals surface area contributed by atoms with E-state index >= 15 is 0 Å².